The summed E-state index contributed by atoms with van der Waals surface area (Å²) in [6, 6.07) is 6.47. The van der Waals surface area contributed by atoms with Crippen LogP contribution in [0.2, 0.25) is 0 Å². The first-order valence-electron chi connectivity index (χ1n) is 6.88. The number of nitrogens with zero attached hydrogens (tertiary/aromatic N) is 1. The number of allylic oxidation sites excluding steroid dienone is 2. The smallest absolute Gasteiger partial charge is 0.415 e. The molecule has 1 aromatic carbocycles. The summed E-state index contributed by atoms with van der Waals surface area (Å²) in [6.07, 6.45) is 3.04. The first kappa shape index (κ1) is 14.0. The van der Waals surface area contributed by atoms with Crippen molar-refractivity contribution in [3.05, 3.63) is 42.0 Å². The van der Waals surface area contributed by atoms with Gasteiger partial charge in [0, 0.05) is 6.42 Å². The molecule has 0 aromatic heterocycles. The molecule has 0 saturated heterocycles. The van der Waals surface area contributed by atoms with Crippen molar-refractivity contribution in [2.24, 2.45) is 0 Å². The summed E-state index contributed by atoms with van der Waals surface area (Å²) >= 11 is 0. The van der Waals surface area contributed by atoms with Crippen molar-refractivity contribution < 1.29 is 14.3 Å². The van der Waals surface area contributed by atoms with Crippen molar-refractivity contribution in [1.82, 2.24) is 0 Å². The third-order valence-corrected chi connectivity index (χ3v) is 3.69. The number of amides is 1. The third-order valence-electron chi connectivity index (χ3n) is 3.69. The van der Waals surface area contributed by atoms with E-state index < -0.39 is 12.1 Å². The van der Waals surface area contributed by atoms with E-state index in [4.69, 9.17) is 4.74 Å². The number of carbonyl (C=O) groups is 2. The molecular weight excluding hydrogens is 278 g/mol. The zero-order valence-electron chi connectivity index (χ0n) is 12.0. The number of Topliss-reactive ketones (excluding diaryl/α,β-unsaturated/α-hetero) is 1. The molecular formula is C18H13NO3. The normalized spacial score (nSPS) is 23.1. The number of carbonyl (C=O) groups excluding carboxylic acids is 2. The highest BCUT2D eigenvalue weighted by molar-refractivity contribution is 6.07. The van der Waals surface area contributed by atoms with Gasteiger partial charge in [-0.05, 0) is 23.8 Å². The molecule has 108 valence electrons. The number of anilines is 1. The van der Waals surface area contributed by atoms with Crippen molar-refractivity contribution in [3.63, 3.8) is 0 Å². The van der Waals surface area contributed by atoms with Crippen LogP contribution in [0.5, 0.6) is 0 Å². The molecule has 2 aliphatic rings. The molecule has 0 N–H and O–H groups in total. The number of rotatable bonds is 0. The lowest BCUT2D eigenvalue weighted by molar-refractivity contribution is -0.120. The Hall–Kier alpha value is -2.98. The summed E-state index contributed by atoms with van der Waals surface area (Å²) < 4.78 is 4.84. The number of benzene rings is 1. The Labute approximate surface area is 128 Å². The fourth-order valence-electron chi connectivity index (χ4n) is 2.69. The summed E-state index contributed by atoms with van der Waals surface area (Å²) in [5.41, 5.74) is 1.44. The zero-order valence-corrected chi connectivity index (χ0v) is 12.0. The molecule has 22 heavy (non-hydrogen) atoms. The molecule has 2 unspecified atom stereocenters. The largest absolute Gasteiger partial charge is 0.452 e. The summed E-state index contributed by atoms with van der Waals surface area (Å²) in [4.78, 5) is 26.3. The summed E-state index contributed by atoms with van der Waals surface area (Å²) in [5.74, 6) is 11.0. The number of fused-ring (bicyclic) bond motifs is 4. The predicted molar refractivity (Wildman–Crippen MR) is 82.2 cm³/mol. The maximum absolute atomic E-state index is 12.8. The van der Waals surface area contributed by atoms with Crippen LogP contribution in [0.25, 0.3) is 0 Å². The van der Waals surface area contributed by atoms with Crippen molar-refractivity contribution in [1.29, 1.82) is 0 Å². The topological polar surface area (TPSA) is 46.6 Å². The fraction of sp³-hybridized carbons (Fsp3) is 0.222. The lowest BCUT2D eigenvalue weighted by Gasteiger charge is -2.36. The van der Waals surface area contributed by atoms with Crippen molar-refractivity contribution >= 4 is 17.6 Å². The van der Waals surface area contributed by atoms with Crippen LogP contribution in [0.4, 0.5) is 10.5 Å². The van der Waals surface area contributed by atoms with Gasteiger partial charge in [0.25, 0.3) is 0 Å². The van der Waals surface area contributed by atoms with Crippen molar-refractivity contribution in [3.8, 4) is 23.7 Å². The minimum absolute atomic E-state index is 0.124. The van der Waals surface area contributed by atoms with E-state index in [1.807, 2.05) is 18.2 Å². The van der Waals surface area contributed by atoms with Gasteiger partial charge in [-0.25, -0.2) is 4.79 Å². The van der Waals surface area contributed by atoms with Gasteiger partial charge in [0.05, 0.1) is 18.7 Å². The monoisotopic (exact) mass is 291 g/mol. The van der Waals surface area contributed by atoms with Gasteiger partial charge in [-0.3, -0.25) is 9.69 Å². The standard InChI is InChI=1S/C18H13NO3/c1-22-18(21)19-15-11-8-7-9-13(15)14-10-5-3-2-4-6-12-16(19)17(14)20/h2,4,7-9,11,14,16H,10H2,1H3/b4-2-. The Morgan fingerprint density at radius 2 is 2.05 bits per heavy atom. The molecule has 0 fully saturated rings. The molecule has 1 heterocycles. The van der Waals surface area contributed by atoms with E-state index in [0.717, 1.165) is 5.56 Å². The summed E-state index contributed by atoms with van der Waals surface area (Å²) in [5, 5.41) is 0. The van der Waals surface area contributed by atoms with E-state index in [2.05, 4.69) is 23.7 Å². The minimum Gasteiger partial charge on any atom is -0.452 e. The van der Waals surface area contributed by atoms with Gasteiger partial charge in [0.2, 0.25) is 0 Å². The van der Waals surface area contributed by atoms with Crippen LogP contribution >= 0.6 is 0 Å². The Kier molecular flexibility index (Phi) is 3.68. The van der Waals surface area contributed by atoms with Crippen LogP contribution in [-0.2, 0) is 9.53 Å². The molecule has 0 spiro atoms. The van der Waals surface area contributed by atoms with Crippen molar-refractivity contribution in [2.75, 3.05) is 12.0 Å². The maximum atomic E-state index is 12.8. The molecule has 4 heteroatoms. The highest BCUT2D eigenvalue weighted by Gasteiger charge is 2.42. The summed E-state index contributed by atoms with van der Waals surface area (Å²) in [6.45, 7) is 0. The predicted octanol–water partition coefficient (Wildman–Crippen LogP) is 2.26. The van der Waals surface area contributed by atoms with Gasteiger partial charge in [-0.1, -0.05) is 41.9 Å². The number of para-hydroxylation sites is 1. The molecule has 2 atom stereocenters. The molecule has 1 aliphatic carbocycles. The van der Waals surface area contributed by atoms with Crippen LogP contribution in [-0.4, -0.2) is 25.0 Å². The molecule has 1 aliphatic heterocycles. The highest BCUT2D eigenvalue weighted by atomic mass is 16.5. The van der Waals surface area contributed by atoms with Crippen molar-refractivity contribution in [2.45, 2.75) is 18.4 Å². The molecule has 0 saturated carbocycles. The number of ether oxygens (including phenoxy) is 1. The van der Waals surface area contributed by atoms with E-state index in [-0.39, 0.29) is 11.7 Å². The van der Waals surface area contributed by atoms with Crippen LogP contribution < -0.4 is 4.90 Å². The van der Waals surface area contributed by atoms with Gasteiger partial charge in [-0.15, -0.1) is 0 Å². The number of methoxy groups -OCH3 is 1. The number of ketones is 1. The van der Waals surface area contributed by atoms with E-state index in [9.17, 15) is 9.59 Å². The number of hydrogen-bond acceptors (Lipinski definition) is 3. The molecule has 1 amide bonds. The Bertz CT molecular complexity index is 786. The average molecular weight is 291 g/mol. The van der Waals surface area contributed by atoms with Gasteiger partial charge < -0.3 is 4.74 Å². The van der Waals surface area contributed by atoms with Gasteiger partial charge >= 0.3 is 6.09 Å². The van der Waals surface area contributed by atoms with Gasteiger partial charge in [-0.2, -0.15) is 0 Å². The molecule has 2 bridgehead atoms. The van der Waals surface area contributed by atoms with Crippen LogP contribution in [0.15, 0.2) is 36.4 Å². The Morgan fingerprint density at radius 1 is 1.27 bits per heavy atom. The second-order valence-corrected chi connectivity index (χ2v) is 4.90. The lowest BCUT2D eigenvalue weighted by atomic mass is 9.82. The van der Waals surface area contributed by atoms with Crippen LogP contribution in [0, 0.1) is 23.7 Å². The third kappa shape index (κ3) is 2.25. The minimum atomic E-state index is -0.850. The second kappa shape index (κ2) is 5.79. The molecule has 1 aromatic rings. The van der Waals surface area contributed by atoms with Gasteiger partial charge in [0.1, 0.15) is 0 Å². The van der Waals surface area contributed by atoms with Crippen LogP contribution in [0.3, 0.4) is 0 Å². The molecule has 0 radical (unpaired) electrons. The first-order valence-corrected chi connectivity index (χ1v) is 6.88. The zero-order chi connectivity index (χ0) is 15.5. The van der Waals surface area contributed by atoms with E-state index in [1.54, 1.807) is 18.2 Å². The van der Waals surface area contributed by atoms with E-state index in [0.29, 0.717) is 12.1 Å². The highest BCUT2D eigenvalue weighted by Crippen LogP contribution is 2.38. The molecule has 3 rings (SSSR count). The fourth-order valence-corrected chi connectivity index (χ4v) is 2.69. The first-order chi connectivity index (χ1) is 10.7. The lowest BCUT2D eigenvalue weighted by Crippen LogP contribution is -2.50. The maximum Gasteiger partial charge on any atom is 0.415 e. The van der Waals surface area contributed by atoms with Gasteiger partial charge in [0.15, 0.2) is 11.8 Å². The SMILES string of the molecule is COC(=O)N1c2ccccc2C2CC#C/C=C\C#CC1C2=O. The van der Waals surface area contributed by atoms with E-state index in [1.165, 1.54) is 12.0 Å². The summed E-state index contributed by atoms with van der Waals surface area (Å²) in [7, 11) is 1.29. The average Bonchev–Trinajstić information content (AvgIpc) is 2.54. The quantitative estimate of drug-likeness (QED) is 0.689. The Morgan fingerprint density at radius 3 is 2.86 bits per heavy atom. The van der Waals surface area contributed by atoms with E-state index >= 15 is 0 Å². The molecule has 4 nitrogen and oxygen atoms in total. The number of hydrogen-bond donors (Lipinski definition) is 0. The Balaban J connectivity index is 2.22. The van der Waals surface area contributed by atoms with Crippen LogP contribution in [0.1, 0.15) is 17.9 Å². The second-order valence-electron chi connectivity index (χ2n) is 4.90.